The van der Waals surface area contributed by atoms with Gasteiger partial charge in [-0.05, 0) is 44.4 Å². The standard InChI is InChI=1S/C16H19ClFN3/c1-2-9-19-14-7-4-8-15-11(14)10-20-21(15)16-12(17)5-3-6-13(16)18/h3,5-6,10,14,19H,2,4,7-9H2,1H3. The van der Waals surface area contributed by atoms with Gasteiger partial charge in [-0.2, -0.15) is 5.10 Å². The van der Waals surface area contributed by atoms with Crippen molar-refractivity contribution in [3.63, 3.8) is 0 Å². The normalized spacial score (nSPS) is 17.8. The van der Waals surface area contributed by atoms with Crippen LogP contribution in [-0.2, 0) is 6.42 Å². The summed E-state index contributed by atoms with van der Waals surface area (Å²) >= 11 is 6.17. The molecule has 0 spiro atoms. The summed E-state index contributed by atoms with van der Waals surface area (Å²) in [6, 6.07) is 5.05. The monoisotopic (exact) mass is 307 g/mol. The van der Waals surface area contributed by atoms with Crippen molar-refractivity contribution < 1.29 is 4.39 Å². The Balaban J connectivity index is 2.01. The third-order valence-electron chi connectivity index (χ3n) is 3.97. The average Bonchev–Trinajstić information content (AvgIpc) is 2.89. The van der Waals surface area contributed by atoms with Gasteiger partial charge in [0, 0.05) is 17.3 Å². The number of nitrogens with zero attached hydrogens (tertiary/aromatic N) is 2. The molecule has 0 saturated carbocycles. The lowest BCUT2D eigenvalue weighted by Gasteiger charge is -2.24. The number of halogens is 2. The van der Waals surface area contributed by atoms with Crippen LogP contribution in [-0.4, -0.2) is 16.3 Å². The molecule has 2 aromatic rings. The van der Waals surface area contributed by atoms with Crippen molar-refractivity contribution in [1.29, 1.82) is 0 Å². The first-order valence-corrected chi connectivity index (χ1v) is 7.84. The van der Waals surface area contributed by atoms with Gasteiger partial charge in [-0.3, -0.25) is 0 Å². The Bertz CT molecular complexity index is 618. The van der Waals surface area contributed by atoms with E-state index in [1.807, 2.05) is 6.20 Å². The van der Waals surface area contributed by atoms with Gasteiger partial charge in [-0.25, -0.2) is 9.07 Å². The predicted octanol–water partition coefficient (Wildman–Crippen LogP) is 4.04. The smallest absolute Gasteiger partial charge is 0.150 e. The topological polar surface area (TPSA) is 29.9 Å². The van der Waals surface area contributed by atoms with Gasteiger partial charge in [0.25, 0.3) is 0 Å². The van der Waals surface area contributed by atoms with Crippen LogP contribution in [0.4, 0.5) is 4.39 Å². The molecule has 0 amide bonds. The molecule has 1 aromatic heterocycles. The average molecular weight is 308 g/mol. The third-order valence-corrected chi connectivity index (χ3v) is 4.28. The zero-order chi connectivity index (χ0) is 14.8. The van der Waals surface area contributed by atoms with E-state index in [4.69, 9.17) is 11.6 Å². The molecule has 1 aliphatic carbocycles. The number of aromatic nitrogens is 2. The third kappa shape index (κ3) is 2.70. The minimum atomic E-state index is -0.336. The molecular formula is C16H19ClFN3. The lowest BCUT2D eigenvalue weighted by atomic mass is 9.93. The van der Waals surface area contributed by atoms with Crippen LogP contribution in [0.1, 0.15) is 43.5 Å². The highest BCUT2D eigenvalue weighted by atomic mass is 35.5. The number of para-hydroxylation sites is 1. The van der Waals surface area contributed by atoms with Crippen LogP contribution >= 0.6 is 11.6 Å². The zero-order valence-corrected chi connectivity index (χ0v) is 12.8. The van der Waals surface area contributed by atoms with Gasteiger partial charge < -0.3 is 5.32 Å². The minimum Gasteiger partial charge on any atom is -0.310 e. The van der Waals surface area contributed by atoms with E-state index in [0.29, 0.717) is 16.8 Å². The van der Waals surface area contributed by atoms with E-state index in [9.17, 15) is 4.39 Å². The van der Waals surface area contributed by atoms with Crippen LogP contribution in [0.5, 0.6) is 0 Å². The van der Waals surface area contributed by atoms with E-state index in [1.54, 1.807) is 16.8 Å². The van der Waals surface area contributed by atoms with Crippen molar-refractivity contribution in [2.45, 2.75) is 38.6 Å². The fourth-order valence-electron chi connectivity index (χ4n) is 2.97. The molecule has 21 heavy (non-hydrogen) atoms. The fourth-order valence-corrected chi connectivity index (χ4v) is 3.21. The molecule has 0 aliphatic heterocycles. The number of nitrogens with one attached hydrogen (secondary N) is 1. The molecule has 1 aromatic carbocycles. The number of hydrogen-bond donors (Lipinski definition) is 1. The molecule has 0 bridgehead atoms. The Morgan fingerprint density at radius 3 is 3.10 bits per heavy atom. The Morgan fingerprint density at radius 2 is 2.33 bits per heavy atom. The summed E-state index contributed by atoms with van der Waals surface area (Å²) in [4.78, 5) is 0. The van der Waals surface area contributed by atoms with Crippen molar-refractivity contribution in [2.75, 3.05) is 6.54 Å². The first-order chi connectivity index (χ1) is 10.2. The zero-order valence-electron chi connectivity index (χ0n) is 12.1. The van der Waals surface area contributed by atoms with Crippen molar-refractivity contribution in [3.8, 4) is 5.69 Å². The van der Waals surface area contributed by atoms with Crippen LogP contribution in [0.2, 0.25) is 5.02 Å². The molecule has 1 atom stereocenters. The number of fused-ring (bicyclic) bond motifs is 1. The van der Waals surface area contributed by atoms with E-state index in [2.05, 4.69) is 17.3 Å². The highest BCUT2D eigenvalue weighted by Crippen LogP contribution is 2.33. The first kappa shape index (κ1) is 14.5. The molecule has 0 fully saturated rings. The van der Waals surface area contributed by atoms with Gasteiger partial charge >= 0.3 is 0 Å². The van der Waals surface area contributed by atoms with E-state index in [1.165, 1.54) is 11.6 Å². The SMILES string of the molecule is CCCNC1CCCc2c1cnn2-c1c(F)cccc1Cl. The van der Waals surface area contributed by atoms with Crippen LogP contribution in [0.25, 0.3) is 5.69 Å². The van der Waals surface area contributed by atoms with Crippen molar-refractivity contribution >= 4 is 11.6 Å². The summed E-state index contributed by atoms with van der Waals surface area (Å²) in [5.41, 5.74) is 2.60. The van der Waals surface area contributed by atoms with E-state index >= 15 is 0 Å². The summed E-state index contributed by atoms with van der Waals surface area (Å²) < 4.78 is 15.8. The van der Waals surface area contributed by atoms with Gasteiger partial charge in [0.2, 0.25) is 0 Å². The molecule has 1 unspecified atom stereocenters. The number of benzene rings is 1. The molecule has 0 saturated heterocycles. The van der Waals surface area contributed by atoms with Crippen LogP contribution in [0.15, 0.2) is 24.4 Å². The van der Waals surface area contributed by atoms with Crippen molar-refractivity contribution in [2.24, 2.45) is 0 Å². The highest BCUT2D eigenvalue weighted by molar-refractivity contribution is 6.32. The molecule has 1 aliphatic rings. The molecule has 0 radical (unpaired) electrons. The van der Waals surface area contributed by atoms with E-state index in [0.717, 1.165) is 37.9 Å². The molecule has 1 heterocycles. The Morgan fingerprint density at radius 1 is 1.48 bits per heavy atom. The first-order valence-electron chi connectivity index (χ1n) is 7.47. The summed E-state index contributed by atoms with van der Waals surface area (Å²) in [6.45, 7) is 3.13. The minimum absolute atomic E-state index is 0.313. The molecular weight excluding hydrogens is 289 g/mol. The van der Waals surface area contributed by atoms with Crippen LogP contribution in [0.3, 0.4) is 0 Å². The molecule has 3 rings (SSSR count). The maximum atomic E-state index is 14.1. The van der Waals surface area contributed by atoms with Crippen LogP contribution < -0.4 is 5.32 Å². The maximum Gasteiger partial charge on any atom is 0.150 e. The van der Waals surface area contributed by atoms with Crippen molar-refractivity contribution in [3.05, 3.63) is 46.5 Å². The lowest BCUT2D eigenvalue weighted by molar-refractivity contribution is 0.455. The molecule has 5 heteroatoms. The highest BCUT2D eigenvalue weighted by Gasteiger charge is 2.25. The number of rotatable bonds is 4. The maximum absolute atomic E-state index is 14.1. The predicted molar refractivity (Wildman–Crippen MR) is 82.5 cm³/mol. The largest absolute Gasteiger partial charge is 0.310 e. The lowest BCUT2D eigenvalue weighted by Crippen LogP contribution is -2.26. The van der Waals surface area contributed by atoms with Gasteiger partial charge in [-0.15, -0.1) is 0 Å². The van der Waals surface area contributed by atoms with E-state index in [-0.39, 0.29) is 5.82 Å². The number of hydrogen-bond acceptors (Lipinski definition) is 2. The summed E-state index contributed by atoms with van der Waals surface area (Å²) in [6.07, 6.45) is 6.03. The Hall–Kier alpha value is -1.39. The van der Waals surface area contributed by atoms with E-state index < -0.39 is 0 Å². The second kappa shape index (κ2) is 6.16. The molecule has 1 N–H and O–H groups in total. The second-order valence-corrected chi connectivity index (χ2v) is 5.83. The fraction of sp³-hybridized carbons (Fsp3) is 0.438. The van der Waals surface area contributed by atoms with Crippen molar-refractivity contribution in [1.82, 2.24) is 15.1 Å². The van der Waals surface area contributed by atoms with Gasteiger partial charge in [0.05, 0.1) is 11.2 Å². The summed E-state index contributed by atoms with van der Waals surface area (Å²) in [5.74, 6) is -0.336. The quantitative estimate of drug-likeness (QED) is 0.924. The Labute approximate surface area is 129 Å². The summed E-state index contributed by atoms with van der Waals surface area (Å²) in [7, 11) is 0. The van der Waals surface area contributed by atoms with Gasteiger partial charge in [0.1, 0.15) is 11.5 Å². The molecule has 112 valence electrons. The van der Waals surface area contributed by atoms with Crippen LogP contribution in [0, 0.1) is 5.82 Å². The summed E-state index contributed by atoms with van der Waals surface area (Å²) in [5, 5.41) is 8.33. The molecule has 3 nitrogen and oxygen atoms in total. The Kier molecular flexibility index (Phi) is 4.27. The van der Waals surface area contributed by atoms with Gasteiger partial charge in [0.15, 0.2) is 0 Å². The van der Waals surface area contributed by atoms with Gasteiger partial charge in [-0.1, -0.05) is 24.6 Å². The second-order valence-electron chi connectivity index (χ2n) is 5.43.